The van der Waals surface area contributed by atoms with E-state index in [1.807, 2.05) is 0 Å². The van der Waals surface area contributed by atoms with Crippen LogP contribution in [0.3, 0.4) is 0 Å². The van der Waals surface area contributed by atoms with Crippen molar-refractivity contribution in [2.45, 2.75) is 37.8 Å². The van der Waals surface area contributed by atoms with Crippen molar-refractivity contribution in [2.75, 3.05) is 43.0 Å². The highest BCUT2D eigenvalue weighted by Gasteiger charge is 2.42. The van der Waals surface area contributed by atoms with Gasteiger partial charge in [-0.3, -0.25) is 4.90 Å². The second kappa shape index (κ2) is 6.79. The molecule has 2 fully saturated rings. The van der Waals surface area contributed by atoms with E-state index in [1.165, 1.54) is 12.1 Å². The summed E-state index contributed by atoms with van der Waals surface area (Å²) in [5.41, 5.74) is 14.2. The van der Waals surface area contributed by atoms with E-state index in [0.29, 0.717) is 11.9 Å². The minimum Gasteiger partial charge on any atom is -0.369 e. The molecule has 1 aromatic rings. The summed E-state index contributed by atoms with van der Waals surface area (Å²) in [6.45, 7) is 4.33. The Morgan fingerprint density at radius 2 is 1.50 bits per heavy atom. The molecule has 7 heteroatoms. The van der Waals surface area contributed by atoms with Crippen LogP contribution in [-0.4, -0.2) is 55.7 Å². The zero-order chi connectivity index (χ0) is 18.1. The van der Waals surface area contributed by atoms with Gasteiger partial charge in [-0.1, -0.05) is 6.42 Å². The van der Waals surface area contributed by atoms with Crippen LogP contribution in [0.1, 0.15) is 32.1 Å². The Balaban J connectivity index is 1.60. The summed E-state index contributed by atoms with van der Waals surface area (Å²) in [6.07, 6.45) is 5.44. The number of hydrogen-bond donors (Lipinski definition) is 2. The first-order chi connectivity index (χ1) is 12.6. The molecule has 7 nitrogen and oxygen atoms in total. The third-order valence-corrected chi connectivity index (χ3v) is 5.83. The molecular weight excluding hydrogens is 326 g/mol. The maximum absolute atomic E-state index is 6.30. The highest BCUT2D eigenvalue weighted by Crippen LogP contribution is 2.39. The molecule has 1 saturated carbocycles. The molecule has 1 aliphatic carbocycles. The monoisotopic (exact) mass is 355 g/mol. The standard InChI is InChI=1S/C19H29N7/c1-24-11-13-25(14-12-24)15-5-7-16(8-6-15)26-18(21)22-17(20)23-19(26)9-3-2-4-10-19/h5-8H,2-4,9-14H2,1H3,(H4,20,21,22,23). The predicted molar refractivity (Wildman–Crippen MR) is 108 cm³/mol. The van der Waals surface area contributed by atoms with Crippen LogP contribution < -0.4 is 21.3 Å². The predicted octanol–water partition coefficient (Wildman–Crippen LogP) is 1.55. The van der Waals surface area contributed by atoms with Crippen molar-refractivity contribution >= 4 is 23.3 Å². The number of anilines is 2. The lowest BCUT2D eigenvalue weighted by atomic mass is 9.87. The van der Waals surface area contributed by atoms with Crippen LogP contribution >= 0.6 is 0 Å². The number of piperazine rings is 1. The summed E-state index contributed by atoms with van der Waals surface area (Å²) in [7, 11) is 2.18. The molecule has 0 atom stereocenters. The minimum absolute atomic E-state index is 0.301. The second-order valence-corrected chi connectivity index (χ2v) is 7.63. The highest BCUT2D eigenvalue weighted by molar-refractivity contribution is 6.05. The molecule has 0 aromatic heterocycles. The fourth-order valence-corrected chi connectivity index (χ4v) is 4.37. The van der Waals surface area contributed by atoms with Crippen molar-refractivity contribution in [2.24, 2.45) is 21.5 Å². The first-order valence-electron chi connectivity index (χ1n) is 9.61. The average Bonchev–Trinajstić information content (AvgIpc) is 2.63. The van der Waals surface area contributed by atoms with E-state index >= 15 is 0 Å². The van der Waals surface area contributed by atoms with Gasteiger partial charge in [-0.15, -0.1) is 0 Å². The van der Waals surface area contributed by atoms with Crippen LogP contribution in [0, 0.1) is 0 Å². The molecule has 0 radical (unpaired) electrons. The lowest BCUT2D eigenvalue weighted by Gasteiger charge is -2.45. The van der Waals surface area contributed by atoms with E-state index in [2.05, 4.69) is 51.0 Å². The first-order valence-corrected chi connectivity index (χ1v) is 9.61. The van der Waals surface area contributed by atoms with E-state index in [4.69, 9.17) is 16.5 Å². The Morgan fingerprint density at radius 3 is 2.15 bits per heavy atom. The van der Waals surface area contributed by atoms with E-state index in [-0.39, 0.29) is 5.66 Å². The Hall–Kier alpha value is -2.28. The molecule has 3 aliphatic rings. The zero-order valence-electron chi connectivity index (χ0n) is 15.6. The van der Waals surface area contributed by atoms with E-state index < -0.39 is 0 Å². The topological polar surface area (TPSA) is 86.5 Å². The molecule has 0 unspecified atom stereocenters. The van der Waals surface area contributed by atoms with Crippen molar-refractivity contribution in [3.05, 3.63) is 24.3 Å². The van der Waals surface area contributed by atoms with Gasteiger partial charge >= 0.3 is 0 Å². The minimum atomic E-state index is -0.372. The Labute approximate surface area is 155 Å². The lowest BCUT2D eigenvalue weighted by molar-refractivity contribution is 0.305. The maximum atomic E-state index is 6.30. The Morgan fingerprint density at radius 1 is 0.885 bits per heavy atom. The number of nitrogens with two attached hydrogens (primary N) is 2. The number of rotatable bonds is 2. The van der Waals surface area contributed by atoms with Crippen molar-refractivity contribution < 1.29 is 0 Å². The molecule has 2 aliphatic heterocycles. The number of nitrogens with zero attached hydrogens (tertiary/aromatic N) is 5. The number of aliphatic imine (C=N–C) groups is 2. The van der Waals surface area contributed by atoms with Crippen LogP contribution in [-0.2, 0) is 0 Å². The van der Waals surface area contributed by atoms with Gasteiger partial charge in [-0.2, -0.15) is 4.99 Å². The van der Waals surface area contributed by atoms with Crippen molar-refractivity contribution in [1.29, 1.82) is 0 Å². The smallest absolute Gasteiger partial charge is 0.220 e. The molecule has 140 valence electrons. The Bertz CT molecular complexity index is 695. The molecule has 0 bridgehead atoms. The molecule has 4 N–H and O–H groups in total. The molecule has 4 rings (SSSR count). The van der Waals surface area contributed by atoms with Gasteiger partial charge in [0, 0.05) is 37.6 Å². The van der Waals surface area contributed by atoms with Gasteiger partial charge in [0.25, 0.3) is 0 Å². The van der Waals surface area contributed by atoms with Crippen molar-refractivity contribution in [3.63, 3.8) is 0 Å². The average molecular weight is 355 g/mol. The summed E-state index contributed by atoms with van der Waals surface area (Å²) in [6, 6.07) is 8.66. The third kappa shape index (κ3) is 3.11. The van der Waals surface area contributed by atoms with E-state index in [0.717, 1.165) is 57.5 Å². The van der Waals surface area contributed by atoms with Gasteiger partial charge in [0.15, 0.2) is 0 Å². The normalized spacial score (nSPS) is 23.7. The van der Waals surface area contributed by atoms with Gasteiger partial charge in [-0.25, -0.2) is 4.99 Å². The second-order valence-electron chi connectivity index (χ2n) is 7.63. The third-order valence-electron chi connectivity index (χ3n) is 5.83. The van der Waals surface area contributed by atoms with Gasteiger partial charge < -0.3 is 21.3 Å². The fraction of sp³-hybridized carbons (Fsp3) is 0.579. The summed E-state index contributed by atoms with van der Waals surface area (Å²) >= 11 is 0. The summed E-state index contributed by atoms with van der Waals surface area (Å²) in [4.78, 5) is 15.9. The quantitative estimate of drug-likeness (QED) is 0.840. The molecule has 26 heavy (non-hydrogen) atoms. The van der Waals surface area contributed by atoms with E-state index in [9.17, 15) is 0 Å². The molecule has 1 saturated heterocycles. The van der Waals surface area contributed by atoms with Crippen molar-refractivity contribution in [3.8, 4) is 0 Å². The molecule has 1 aromatic carbocycles. The summed E-state index contributed by atoms with van der Waals surface area (Å²) < 4.78 is 0. The number of guanidine groups is 2. The highest BCUT2D eigenvalue weighted by atomic mass is 15.4. The van der Waals surface area contributed by atoms with Crippen LogP contribution in [0.4, 0.5) is 11.4 Å². The summed E-state index contributed by atoms with van der Waals surface area (Å²) in [5.74, 6) is 0.751. The SMILES string of the molecule is CN1CCN(c2ccc(N3C(N)=NC(N)=NC34CCCCC4)cc2)CC1. The zero-order valence-corrected chi connectivity index (χ0v) is 15.6. The van der Waals surface area contributed by atoms with Crippen LogP contribution in [0.15, 0.2) is 34.3 Å². The van der Waals surface area contributed by atoms with Crippen LogP contribution in [0.25, 0.3) is 0 Å². The molecule has 2 heterocycles. The molecular formula is C19H29N7. The van der Waals surface area contributed by atoms with Crippen molar-refractivity contribution in [1.82, 2.24) is 4.90 Å². The largest absolute Gasteiger partial charge is 0.369 e. The number of likely N-dealkylation sites (N-methyl/N-ethyl adjacent to an activating group) is 1. The summed E-state index contributed by atoms with van der Waals surface area (Å²) in [5, 5.41) is 0. The first kappa shape index (κ1) is 17.1. The fourth-order valence-electron chi connectivity index (χ4n) is 4.37. The molecule has 0 amide bonds. The van der Waals surface area contributed by atoms with Gasteiger partial charge in [-0.05, 0) is 57.0 Å². The lowest BCUT2D eigenvalue weighted by Crippen LogP contribution is -2.58. The maximum Gasteiger partial charge on any atom is 0.220 e. The van der Waals surface area contributed by atoms with Crippen LogP contribution in [0.5, 0.6) is 0 Å². The van der Waals surface area contributed by atoms with Crippen LogP contribution in [0.2, 0.25) is 0 Å². The molecule has 1 spiro atoms. The van der Waals surface area contributed by atoms with Gasteiger partial charge in [0.1, 0.15) is 5.66 Å². The Kier molecular flexibility index (Phi) is 4.48. The number of benzene rings is 1. The van der Waals surface area contributed by atoms with Gasteiger partial charge in [0.05, 0.1) is 0 Å². The van der Waals surface area contributed by atoms with Gasteiger partial charge in [0.2, 0.25) is 11.9 Å². The number of hydrogen-bond acceptors (Lipinski definition) is 7. The van der Waals surface area contributed by atoms with E-state index in [1.54, 1.807) is 0 Å².